The van der Waals surface area contributed by atoms with Crippen molar-refractivity contribution in [2.75, 3.05) is 6.26 Å². The van der Waals surface area contributed by atoms with Crippen molar-refractivity contribution in [1.29, 1.82) is 0 Å². The van der Waals surface area contributed by atoms with Gasteiger partial charge in [0.05, 0.1) is 15.8 Å². The van der Waals surface area contributed by atoms with E-state index in [0.717, 1.165) is 10.9 Å². The van der Waals surface area contributed by atoms with Gasteiger partial charge in [-0.25, -0.2) is 13.2 Å². The third-order valence-electron chi connectivity index (χ3n) is 3.45. The number of carbonyl (C=O) groups excluding carboxylic acids is 1. The minimum Gasteiger partial charge on any atom is -0.439 e. The van der Waals surface area contributed by atoms with Gasteiger partial charge in [0.1, 0.15) is 5.52 Å². The summed E-state index contributed by atoms with van der Waals surface area (Å²) in [5.41, 5.74) is -0.140. The summed E-state index contributed by atoms with van der Waals surface area (Å²) in [6, 6.07) is 12.3. The average Bonchev–Trinajstić information content (AvgIpc) is 2.60. The highest BCUT2D eigenvalue weighted by Crippen LogP contribution is 2.16. The zero-order valence-electron chi connectivity index (χ0n) is 13.1. The lowest BCUT2D eigenvalue weighted by molar-refractivity contribution is 0.0331. The first-order valence-electron chi connectivity index (χ1n) is 7.16. The summed E-state index contributed by atoms with van der Waals surface area (Å²) in [4.78, 5) is 24.3. The number of aromatic nitrogens is 3. The maximum absolute atomic E-state index is 12.3. The van der Waals surface area contributed by atoms with Gasteiger partial charge in [-0.15, -0.1) is 5.10 Å². The molecule has 0 radical (unpaired) electrons. The molecule has 0 atom stereocenters. The van der Waals surface area contributed by atoms with Gasteiger partial charge in [0.15, 0.2) is 16.6 Å². The average molecular weight is 359 g/mol. The van der Waals surface area contributed by atoms with Crippen LogP contribution < -0.4 is 5.56 Å². The normalized spacial score (nSPS) is 11.4. The van der Waals surface area contributed by atoms with Crippen LogP contribution in [0.5, 0.6) is 0 Å². The highest BCUT2D eigenvalue weighted by atomic mass is 32.2. The highest BCUT2D eigenvalue weighted by molar-refractivity contribution is 7.90. The molecule has 0 unspecified atom stereocenters. The Hall–Kier alpha value is -3.07. The van der Waals surface area contributed by atoms with E-state index in [4.69, 9.17) is 4.74 Å². The predicted molar refractivity (Wildman–Crippen MR) is 88.8 cm³/mol. The van der Waals surface area contributed by atoms with E-state index in [9.17, 15) is 18.0 Å². The minimum absolute atomic E-state index is 0.105. The number of hydrogen-bond donors (Lipinski definition) is 0. The standard InChI is InChI=1S/C16H13N3O5S/c1-25(22,23)14-9-5-3-7-12(14)16(21)24-10-19-15(20)11-6-2-4-8-13(11)17-18-19/h2-9H,10H2,1H3. The third kappa shape index (κ3) is 3.41. The molecule has 3 aromatic rings. The number of benzene rings is 2. The Kier molecular flexibility index (Phi) is 4.32. The molecule has 1 heterocycles. The first-order valence-corrected chi connectivity index (χ1v) is 9.06. The molecule has 0 saturated carbocycles. The maximum atomic E-state index is 12.3. The van der Waals surface area contributed by atoms with Gasteiger partial charge in [-0.3, -0.25) is 4.79 Å². The van der Waals surface area contributed by atoms with Crippen LogP contribution in [0.2, 0.25) is 0 Å². The van der Waals surface area contributed by atoms with E-state index < -0.39 is 28.1 Å². The number of sulfone groups is 1. The van der Waals surface area contributed by atoms with Crippen LogP contribution in [0.3, 0.4) is 0 Å². The minimum atomic E-state index is -3.60. The van der Waals surface area contributed by atoms with Crippen molar-refractivity contribution < 1.29 is 17.9 Å². The number of carbonyl (C=O) groups is 1. The van der Waals surface area contributed by atoms with Crippen molar-refractivity contribution in [3.8, 4) is 0 Å². The Balaban J connectivity index is 1.87. The molecule has 0 aliphatic carbocycles. The highest BCUT2D eigenvalue weighted by Gasteiger charge is 2.19. The van der Waals surface area contributed by atoms with Crippen molar-refractivity contribution in [3.05, 3.63) is 64.4 Å². The number of hydrogen-bond acceptors (Lipinski definition) is 7. The predicted octanol–water partition coefficient (Wildman–Crippen LogP) is 1.01. The smallest absolute Gasteiger partial charge is 0.341 e. The Morgan fingerprint density at radius 1 is 1.12 bits per heavy atom. The van der Waals surface area contributed by atoms with E-state index in [0.29, 0.717) is 10.9 Å². The van der Waals surface area contributed by atoms with E-state index in [1.165, 1.54) is 24.3 Å². The Morgan fingerprint density at radius 3 is 2.56 bits per heavy atom. The molecule has 0 spiro atoms. The van der Waals surface area contributed by atoms with E-state index >= 15 is 0 Å². The van der Waals surface area contributed by atoms with Gasteiger partial charge in [0.2, 0.25) is 0 Å². The summed E-state index contributed by atoms with van der Waals surface area (Å²) in [6.07, 6.45) is 0.998. The summed E-state index contributed by atoms with van der Waals surface area (Å²) < 4.78 is 29.4. The van der Waals surface area contributed by atoms with Crippen molar-refractivity contribution in [2.45, 2.75) is 11.6 Å². The second-order valence-corrected chi connectivity index (χ2v) is 7.22. The molecule has 0 amide bonds. The Labute approximate surface area is 142 Å². The van der Waals surface area contributed by atoms with Crippen LogP contribution in [0, 0.1) is 0 Å². The number of fused-ring (bicyclic) bond motifs is 1. The molecule has 0 aliphatic heterocycles. The molecule has 0 N–H and O–H groups in total. The van der Waals surface area contributed by atoms with Gasteiger partial charge in [0, 0.05) is 6.26 Å². The van der Waals surface area contributed by atoms with Crippen molar-refractivity contribution in [1.82, 2.24) is 15.0 Å². The molecular formula is C16H13N3O5S. The fourth-order valence-corrected chi connectivity index (χ4v) is 3.14. The number of rotatable bonds is 4. The summed E-state index contributed by atoms with van der Waals surface area (Å²) in [6.45, 7) is -0.479. The molecule has 0 saturated heterocycles. The quantitative estimate of drug-likeness (QED) is 0.640. The van der Waals surface area contributed by atoms with Crippen LogP contribution in [0.25, 0.3) is 10.9 Å². The van der Waals surface area contributed by atoms with Gasteiger partial charge in [-0.2, -0.15) is 4.68 Å². The zero-order valence-corrected chi connectivity index (χ0v) is 13.9. The first kappa shape index (κ1) is 16.8. The zero-order chi connectivity index (χ0) is 18.0. The molecule has 8 nitrogen and oxygen atoms in total. The number of esters is 1. The van der Waals surface area contributed by atoms with Crippen molar-refractivity contribution >= 4 is 26.7 Å². The summed E-state index contributed by atoms with van der Waals surface area (Å²) in [5.74, 6) is -0.872. The molecule has 1 aromatic heterocycles. The summed E-state index contributed by atoms with van der Waals surface area (Å²) in [5, 5.41) is 7.92. The van der Waals surface area contributed by atoms with Gasteiger partial charge in [0.25, 0.3) is 5.56 Å². The molecule has 128 valence electrons. The molecule has 9 heteroatoms. The molecule has 0 bridgehead atoms. The van der Waals surface area contributed by atoms with E-state index in [1.54, 1.807) is 24.3 Å². The molecule has 3 rings (SSSR count). The molecular weight excluding hydrogens is 346 g/mol. The van der Waals surface area contributed by atoms with E-state index in [-0.39, 0.29) is 10.5 Å². The van der Waals surface area contributed by atoms with Crippen LogP contribution in [0.15, 0.2) is 58.2 Å². The van der Waals surface area contributed by atoms with Crippen LogP contribution in [-0.4, -0.2) is 35.6 Å². The topological polar surface area (TPSA) is 108 Å². The van der Waals surface area contributed by atoms with Crippen molar-refractivity contribution in [3.63, 3.8) is 0 Å². The van der Waals surface area contributed by atoms with Crippen LogP contribution in [0.1, 0.15) is 10.4 Å². The van der Waals surface area contributed by atoms with Gasteiger partial charge in [-0.05, 0) is 24.3 Å². The fourth-order valence-electron chi connectivity index (χ4n) is 2.26. The van der Waals surface area contributed by atoms with Crippen molar-refractivity contribution in [2.24, 2.45) is 0 Å². The second kappa shape index (κ2) is 6.44. The monoisotopic (exact) mass is 359 g/mol. The van der Waals surface area contributed by atoms with E-state index in [1.807, 2.05) is 0 Å². The molecule has 0 fully saturated rings. The second-order valence-electron chi connectivity index (χ2n) is 5.24. The fraction of sp³-hybridized carbons (Fsp3) is 0.125. The maximum Gasteiger partial charge on any atom is 0.341 e. The number of nitrogens with zero attached hydrogens (tertiary/aromatic N) is 3. The molecule has 2 aromatic carbocycles. The molecule has 25 heavy (non-hydrogen) atoms. The first-order chi connectivity index (χ1) is 11.9. The van der Waals surface area contributed by atoms with Gasteiger partial charge in [-0.1, -0.05) is 29.5 Å². The van der Waals surface area contributed by atoms with Gasteiger partial charge >= 0.3 is 5.97 Å². The SMILES string of the molecule is CS(=O)(=O)c1ccccc1C(=O)OCn1nnc2ccccc2c1=O. The lowest BCUT2D eigenvalue weighted by Gasteiger charge is -2.09. The third-order valence-corrected chi connectivity index (χ3v) is 4.61. The van der Waals surface area contributed by atoms with Gasteiger partial charge < -0.3 is 4.74 Å². The Morgan fingerprint density at radius 2 is 1.80 bits per heavy atom. The van der Waals surface area contributed by atoms with Crippen LogP contribution in [-0.2, 0) is 21.3 Å². The van der Waals surface area contributed by atoms with E-state index in [2.05, 4.69) is 10.3 Å². The summed E-state index contributed by atoms with van der Waals surface area (Å²) in [7, 11) is -3.60. The lowest BCUT2D eigenvalue weighted by atomic mass is 10.2. The van der Waals surface area contributed by atoms with Crippen LogP contribution in [0.4, 0.5) is 0 Å². The largest absolute Gasteiger partial charge is 0.439 e. The number of ether oxygens (including phenoxy) is 1. The molecule has 0 aliphatic rings. The lowest BCUT2D eigenvalue weighted by Crippen LogP contribution is -2.26. The summed E-state index contributed by atoms with van der Waals surface area (Å²) >= 11 is 0. The van der Waals surface area contributed by atoms with Crippen LogP contribution >= 0.6 is 0 Å². The Bertz CT molecular complexity index is 1120.